The molecule has 0 unspecified atom stereocenters. The number of pyridine rings is 1. The highest BCUT2D eigenvalue weighted by Gasteiger charge is 2.01. The van der Waals surface area contributed by atoms with Gasteiger partial charge in [-0.3, -0.25) is 4.98 Å². The summed E-state index contributed by atoms with van der Waals surface area (Å²) < 4.78 is 1.21. The number of thiophene rings is 1. The number of rotatable bonds is 5. The first kappa shape index (κ1) is 12.7. The lowest BCUT2D eigenvalue weighted by Crippen LogP contribution is -2.15. The third-order valence-electron chi connectivity index (χ3n) is 2.52. The van der Waals surface area contributed by atoms with Crippen molar-refractivity contribution >= 4 is 27.3 Å². The molecule has 0 aliphatic rings. The normalized spacial score (nSPS) is 10.7. The van der Waals surface area contributed by atoms with Crippen LogP contribution in [0.15, 0.2) is 35.1 Å². The van der Waals surface area contributed by atoms with Crippen LogP contribution in [-0.2, 0) is 13.0 Å². The third-order valence-corrected chi connectivity index (χ3v) is 4.66. The van der Waals surface area contributed by atoms with Gasteiger partial charge in [0.2, 0.25) is 0 Å². The second kappa shape index (κ2) is 6.28. The number of halogens is 1. The summed E-state index contributed by atoms with van der Waals surface area (Å²) >= 11 is 5.37. The molecule has 4 heteroatoms. The van der Waals surface area contributed by atoms with Crippen LogP contribution in [0.3, 0.4) is 0 Å². The van der Waals surface area contributed by atoms with E-state index in [1.165, 1.54) is 19.8 Å². The Bertz CT molecular complexity index is 448. The molecule has 0 aromatic carbocycles. The Morgan fingerprint density at radius 2 is 2.35 bits per heavy atom. The van der Waals surface area contributed by atoms with E-state index in [9.17, 15) is 0 Å². The Balaban J connectivity index is 1.73. The topological polar surface area (TPSA) is 24.9 Å². The maximum Gasteiger partial charge on any atom is 0.0314 e. The van der Waals surface area contributed by atoms with Gasteiger partial charge in [-0.2, -0.15) is 0 Å². The van der Waals surface area contributed by atoms with Crippen molar-refractivity contribution in [3.05, 3.63) is 50.4 Å². The second-order valence-corrected chi connectivity index (χ2v) is 6.10. The van der Waals surface area contributed by atoms with E-state index in [1.807, 2.05) is 29.8 Å². The van der Waals surface area contributed by atoms with E-state index >= 15 is 0 Å². The first-order valence-corrected chi connectivity index (χ1v) is 7.21. The molecule has 17 heavy (non-hydrogen) atoms. The van der Waals surface area contributed by atoms with Crippen molar-refractivity contribution in [2.75, 3.05) is 6.54 Å². The van der Waals surface area contributed by atoms with Crippen LogP contribution in [0.1, 0.15) is 15.3 Å². The smallest absolute Gasteiger partial charge is 0.0314 e. The molecule has 0 saturated carbocycles. The summed E-state index contributed by atoms with van der Waals surface area (Å²) in [5.41, 5.74) is 1.28. The predicted molar refractivity (Wildman–Crippen MR) is 76.4 cm³/mol. The van der Waals surface area contributed by atoms with Gasteiger partial charge in [-0.15, -0.1) is 11.3 Å². The Labute approximate surface area is 114 Å². The molecule has 0 fully saturated rings. The molecule has 0 atom stereocenters. The summed E-state index contributed by atoms with van der Waals surface area (Å²) in [6, 6.07) is 6.28. The fourth-order valence-corrected chi connectivity index (χ4v) is 3.17. The van der Waals surface area contributed by atoms with Crippen molar-refractivity contribution < 1.29 is 0 Å². The first-order valence-electron chi connectivity index (χ1n) is 5.60. The number of aryl methyl sites for hydroxylation is 1. The molecule has 0 radical (unpaired) electrons. The van der Waals surface area contributed by atoms with Crippen molar-refractivity contribution in [3.63, 3.8) is 0 Å². The average molecular weight is 311 g/mol. The highest BCUT2D eigenvalue weighted by Crippen LogP contribution is 2.25. The van der Waals surface area contributed by atoms with Crippen molar-refractivity contribution in [2.24, 2.45) is 0 Å². The summed E-state index contributed by atoms with van der Waals surface area (Å²) in [5.74, 6) is 0. The number of nitrogens with zero attached hydrogens (tertiary/aromatic N) is 1. The number of aromatic nitrogens is 1. The van der Waals surface area contributed by atoms with Gasteiger partial charge in [0.25, 0.3) is 0 Å². The van der Waals surface area contributed by atoms with Gasteiger partial charge in [0, 0.05) is 33.2 Å². The van der Waals surface area contributed by atoms with Crippen LogP contribution in [0.5, 0.6) is 0 Å². The molecular formula is C13H15BrN2S. The zero-order valence-electron chi connectivity index (χ0n) is 9.74. The van der Waals surface area contributed by atoms with E-state index in [-0.39, 0.29) is 0 Å². The molecule has 2 rings (SSSR count). The number of hydrogen-bond donors (Lipinski definition) is 1. The monoisotopic (exact) mass is 310 g/mol. The van der Waals surface area contributed by atoms with Crippen LogP contribution in [0, 0.1) is 6.92 Å². The van der Waals surface area contributed by atoms with E-state index in [0.29, 0.717) is 0 Å². The van der Waals surface area contributed by atoms with Crippen LogP contribution in [-0.4, -0.2) is 11.5 Å². The Hall–Kier alpha value is -0.710. The highest BCUT2D eigenvalue weighted by molar-refractivity contribution is 9.10. The molecule has 90 valence electrons. The summed E-state index contributed by atoms with van der Waals surface area (Å²) in [4.78, 5) is 6.82. The Morgan fingerprint density at radius 3 is 3.00 bits per heavy atom. The van der Waals surface area contributed by atoms with Crippen LogP contribution in [0.2, 0.25) is 0 Å². The summed E-state index contributed by atoms with van der Waals surface area (Å²) in [6.07, 6.45) is 4.76. The zero-order valence-corrected chi connectivity index (χ0v) is 12.1. The standard InChI is InChI=1S/C13H15BrN2S/c1-10-13(14)7-12(17-10)9-16-6-4-11-3-2-5-15-8-11/h2-3,5,7-8,16H,4,6,9H2,1H3. The van der Waals surface area contributed by atoms with Crippen LogP contribution < -0.4 is 5.32 Å². The maximum absolute atomic E-state index is 4.10. The van der Waals surface area contributed by atoms with E-state index in [1.54, 1.807) is 0 Å². The molecule has 0 aliphatic heterocycles. The van der Waals surface area contributed by atoms with Crippen molar-refractivity contribution in [2.45, 2.75) is 19.9 Å². The molecule has 0 amide bonds. The van der Waals surface area contributed by atoms with Crippen molar-refractivity contribution in [3.8, 4) is 0 Å². The van der Waals surface area contributed by atoms with Crippen molar-refractivity contribution in [1.82, 2.24) is 10.3 Å². The van der Waals surface area contributed by atoms with E-state index in [0.717, 1.165) is 19.5 Å². The molecule has 1 N–H and O–H groups in total. The van der Waals surface area contributed by atoms with Gasteiger partial charge in [0.15, 0.2) is 0 Å². The van der Waals surface area contributed by atoms with E-state index in [4.69, 9.17) is 0 Å². The quantitative estimate of drug-likeness (QED) is 0.854. The lowest BCUT2D eigenvalue weighted by atomic mass is 10.2. The Morgan fingerprint density at radius 1 is 1.47 bits per heavy atom. The minimum atomic E-state index is 0.942. The highest BCUT2D eigenvalue weighted by atomic mass is 79.9. The minimum absolute atomic E-state index is 0.942. The maximum atomic E-state index is 4.10. The Kier molecular flexibility index (Phi) is 4.71. The van der Waals surface area contributed by atoms with Crippen LogP contribution in [0.4, 0.5) is 0 Å². The molecule has 2 heterocycles. The number of nitrogens with one attached hydrogen (secondary N) is 1. The fourth-order valence-electron chi connectivity index (χ4n) is 1.60. The SMILES string of the molecule is Cc1sc(CNCCc2cccnc2)cc1Br. The van der Waals surface area contributed by atoms with Gasteiger partial charge in [-0.25, -0.2) is 0 Å². The molecule has 2 aromatic heterocycles. The summed E-state index contributed by atoms with van der Waals surface area (Å²) in [7, 11) is 0. The average Bonchev–Trinajstić information content (AvgIpc) is 2.66. The predicted octanol–water partition coefficient (Wildman–Crippen LogP) is 3.55. The van der Waals surface area contributed by atoms with Crippen LogP contribution >= 0.6 is 27.3 Å². The lowest BCUT2D eigenvalue weighted by molar-refractivity contribution is 0.692. The zero-order chi connectivity index (χ0) is 12.1. The lowest BCUT2D eigenvalue weighted by Gasteiger charge is -2.02. The van der Waals surface area contributed by atoms with E-state index in [2.05, 4.69) is 45.3 Å². The van der Waals surface area contributed by atoms with Gasteiger partial charge in [0.05, 0.1) is 0 Å². The van der Waals surface area contributed by atoms with Gasteiger partial charge < -0.3 is 5.32 Å². The third kappa shape index (κ3) is 3.91. The molecular weight excluding hydrogens is 296 g/mol. The largest absolute Gasteiger partial charge is 0.312 e. The first-order chi connectivity index (χ1) is 8.25. The number of hydrogen-bond acceptors (Lipinski definition) is 3. The van der Waals surface area contributed by atoms with Gasteiger partial charge >= 0.3 is 0 Å². The van der Waals surface area contributed by atoms with Crippen LogP contribution in [0.25, 0.3) is 0 Å². The van der Waals surface area contributed by atoms with Gasteiger partial charge in [-0.1, -0.05) is 6.07 Å². The van der Waals surface area contributed by atoms with Gasteiger partial charge in [0.1, 0.15) is 0 Å². The molecule has 0 bridgehead atoms. The van der Waals surface area contributed by atoms with Gasteiger partial charge in [-0.05, 0) is 53.5 Å². The van der Waals surface area contributed by atoms with E-state index < -0.39 is 0 Å². The molecule has 0 spiro atoms. The molecule has 0 saturated heterocycles. The fraction of sp³-hybridized carbons (Fsp3) is 0.308. The van der Waals surface area contributed by atoms with Crippen molar-refractivity contribution in [1.29, 1.82) is 0 Å². The molecule has 0 aliphatic carbocycles. The summed E-state index contributed by atoms with van der Waals surface area (Å²) in [5, 5.41) is 3.45. The second-order valence-electron chi connectivity index (χ2n) is 3.90. The molecule has 2 aromatic rings. The summed E-state index contributed by atoms with van der Waals surface area (Å²) in [6.45, 7) is 4.06. The minimum Gasteiger partial charge on any atom is -0.312 e. The molecule has 2 nitrogen and oxygen atoms in total.